The molecule has 0 atom stereocenters. The summed E-state index contributed by atoms with van der Waals surface area (Å²) in [6, 6.07) is 17.0. The molecule has 0 unspecified atom stereocenters. The first-order valence-corrected chi connectivity index (χ1v) is 9.38. The molecule has 3 aromatic rings. The summed E-state index contributed by atoms with van der Waals surface area (Å²) < 4.78 is 13.0. The Bertz CT molecular complexity index is 970. The fraction of sp³-hybridized carbons (Fsp3) is 0.190. The molecular weight excluding hydrogens is 379 g/mol. The maximum atomic E-state index is 13.0. The van der Waals surface area contributed by atoms with Crippen LogP contribution in [0.2, 0.25) is 5.02 Å². The standard InChI is InChI=1S/C21H18ClFN4O/c22-18-4-2-1-3-17(18)19-9-10-20(25-24-19)26-11-13-27(14-12-26)21(28)15-5-7-16(23)8-6-15/h1-10H,11-14H2. The lowest BCUT2D eigenvalue weighted by Gasteiger charge is -2.35. The molecule has 2 aromatic carbocycles. The summed E-state index contributed by atoms with van der Waals surface area (Å²) in [6.45, 7) is 2.47. The quantitative estimate of drug-likeness (QED) is 0.673. The van der Waals surface area contributed by atoms with Crippen molar-refractivity contribution in [3.05, 3.63) is 77.1 Å². The highest BCUT2D eigenvalue weighted by atomic mass is 35.5. The molecule has 28 heavy (non-hydrogen) atoms. The molecule has 1 saturated heterocycles. The number of benzene rings is 2. The van der Waals surface area contributed by atoms with E-state index in [2.05, 4.69) is 15.1 Å². The number of aromatic nitrogens is 2. The van der Waals surface area contributed by atoms with Crippen molar-refractivity contribution in [2.75, 3.05) is 31.1 Å². The van der Waals surface area contributed by atoms with Crippen LogP contribution in [0.25, 0.3) is 11.3 Å². The third-order valence-corrected chi connectivity index (χ3v) is 5.11. The lowest BCUT2D eigenvalue weighted by atomic mass is 10.1. The molecule has 1 fully saturated rings. The van der Waals surface area contributed by atoms with Gasteiger partial charge < -0.3 is 9.80 Å². The van der Waals surface area contributed by atoms with Crippen molar-refractivity contribution in [1.82, 2.24) is 15.1 Å². The first-order valence-electron chi connectivity index (χ1n) is 9.00. The van der Waals surface area contributed by atoms with Gasteiger partial charge in [0, 0.05) is 37.3 Å². The number of carbonyl (C=O) groups excluding carboxylic acids is 1. The van der Waals surface area contributed by atoms with Crippen LogP contribution in [0.15, 0.2) is 60.7 Å². The summed E-state index contributed by atoms with van der Waals surface area (Å²) in [4.78, 5) is 16.4. The highest BCUT2D eigenvalue weighted by Crippen LogP contribution is 2.26. The number of hydrogen-bond acceptors (Lipinski definition) is 4. The van der Waals surface area contributed by atoms with E-state index in [0.717, 1.165) is 17.1 Å². The lowest BCUT2D eigenvalue weighted by Crippen LogP contribution is -2.49. The molecule has 0 saturated carbocycles. The third kappa shape index (κ3) is 3.82. The SMILES string of the molecule is O=C(c1ccc(F)cc1)N1CCN(c2ccc(-c3ccccc3Cl)nn2)CC1. The van der Waals surface area contributed by atoms with Gasteiger partial charge in [-0.2, -0.15) is 0 Å². The van der Waals surface area contributed by atoms with Crippen LogP contribution in [-0.4, -0.2) is 47.2 Å². The maximum Gasteiger partial charge on any atom is 0.253 e. The van der Waals surface area contributed by atoms with Crippen LogP contribution in [0, 0.1) is 5.82 Å². The van der Waals surface area contributed by atoms with Crippen molar-refractivity contribution in [3.63, 3.8) is 0 Å². The summed E-state index contributed by atoms with van der Waals surface area (Å²) in [5, 5.41) is 9.27. The van der Waals surface area contributed by atoms with Crippen LogP contribution >= 0.6 is 11.6 Å². The van der Waals surface area contributed by atoms with Crippen molar-refractivity contribution in [2.45, 2.75) is 0 Å². The predicted octanol–water partition coefficient (Wildman–Crippen LogP) is 3.90. The minimum atomic E-state index is -0.347. The van der Waals surface area contributed by atoms with Crippen molar-refractivity contribution in [1.29, 1.82) is 0 Å². The van der Waals surface area contributed by atoms with Gasteiger partial charge in [-0.05, 0) is 42.5 Å². The predicted molar refractivity (Wildman–Crippen MR) is 107 cm³/mol. The van der Waals surface area contributed by atoms with Crippen LogP contribution in [-0.2, 0) is 0 Å². The van der Waals surface area contributed by atoms with E-state index < -0.39 is 0 Å². The first-order chi connectivity index (χ1) is 13.6. The van der Waals surface area contributed by atoms with Gasteiger partial charge in [-0.15, -0.1) is 10.2 Å². The smallest absolute Gasteiger partial charge is 0.253 e. The summed E-state index contributed by atoms with van der Waals surface area (Å²) in [5.74, 6) is 0.338. The fourth-order valence-corrected chi connectivity index (χ4v) is 3.45. The van der Waals surface area contributed by atoms with Crippen molar-refractivity contribution in [2.24, 2.45) is 0 Å². The molecule has 1 aliphatic rings. The number of halogens is 2. The molecule has 5 nitrogen and oxygen atoms in total. The van der Waals surface area contributed by atoms with Crippen molar-refractivity contribution >= 4 is 23.3 Å². The number of piperazine rings is 1. The molecular formula is C21H18ClFN4O. The highest BCUT2D eigenvalue weighted by molar-refractivity contribution is 6.33. The molecule has 2 heterocycles. The molecule has 0 aliphatic carbocycles. The minimum absolute atomic E-state index is 0.0835. The van der Waals surface area contributed by atoms with Crippen LogP contribution < -0.4 is 4.90 Å². The van der Waals surface area contributed by atoms with Gasteiger partial charge in [0.25, 0.3) is 5.91 Å². The summed E-state index contributed by atoms with van der Waals surface area (Å²) >= 11 is 6.22. The van der Waals surface area contributed by atoms with Gasteiger partial charge in [0.05, 0.1) is 10.7 Å². The van der Waals surface area contributed by atoms with Crippen LogP contribution in [0.4, 0.5) is 10.2 Å². The summed E-state index contributed by atoms with van der Waals surface area (Å²) in [7, 11) is 0. The van der Waals surface area contributed by atoms with Gasteiger partial charge in [-0.1, -0.05) is 29.8 Å². The molecule has 142 valence electrons. The maximum absolute atomic E-state index is 13.0. The minimum Gasteiger partial charge on any atom is -0.352 e. The van der Waals surface area contributed by atoms with Crippen LogP contribution in [0.3, 0.4) is 0 Å². The topological polar surface area (TPSA) is 49.3 Å². The Kier molecular flexibility index (Phi) is 5.21. The zero-order chi connectivity index (χ0) is 19.5. The molecule has 1 amide bonds. The zero-order valence-corrected chi connectivity index (χ0v) is 15.8. The van der Waals surface area contributed by atoms with Crippen molar-refractivity contribution < 1.29 is 9.18 Å². The van der Waals surface area contributed by atoms with Crippen LogP contribution in [0.5, 0.6) is 0 Å². The molecule has 0 spiro atoms. The van der Waals surface area contributed by atoms with E-state index in [1.54, 1.807) is 4.90 Å². The Morgan fingerprint density at radius 2 is 1.61 bits per heavy atom. The summed E-state index contributed by atoms with van der Waals surface area (Å²) in [5.41, 5.74) is 2.07. The Morgan fingerprint density at radius 3 is 2.25 bits per heavy atom. The number of amides is 1. The molecule has 0 N–H and O–H groups in total. The first kappa shape index (κ1) is 18.4. The van der Waals surface area contributed by atoms with E-state index in [1.165, 1.54) is 24.3 Å². The average molecular weight is 397 g/mol. The van der Waals surface area contributed by atoms with E-state index in [-0.39, 0.29) is 11.7 Å². The monoisotopic (exact) mass is 396 g/mol. The molecule has 0 bridgehead atoms. The van der Waals surface area contributed by atoms with Gasteiger partial charge in [0.2, 0.25) is 0 Å². The largest absolute Gasteiger partial charge is 0.352 e. The molecule has 7 heteroatoms. The number of anilines is 1. The van der Waals surface area contributed by atoms with E-state index in [0.29, 0.717) is 36.8 Å². The van der Waals surface area contributed by atoms with E-state index >= 15 is 0 Å². The lowest BCUT2D eigenvalue weighted by molar-refractivity contribution is 0.0746. The Hall–Kier alpha value is -2.99. The van der Waals surface area contributed by atoms with Crippen LogP contribution in [0.1, 0.15) is 10.4 Å². The Balaban J connectivity index is 1.40. The molecule has 0 radical (unpaired) electrons. The van der Waals surface area contributed by atoms with E-state index in [9.17, 15) is 9.18 Å². The molecule has 1 aliphatic heterocycles. The van der Waals surface area contributed by atoms with E-state index in [1.807, 2.05) is 36.4 Å². The number of hydrogen-bond donors (Lipinski definition) is 0. The van der Waals surface area contributed by atoms with Gasteiger partial charge in [-0.3, -0.25) is 4.79 Å². The number of rotatable bonds is 3. The van der Waals surface area contributed by atoms with Gasteiger partial charge in [0.1, 0.15) is 5.82 Å². The number of nitrogens with zero attached hydrogens (tertiary/aromatic N) is 4. The summed E-state index contributed by atoms with van der Waals surface area (Å²) in [6.07, 6.45) is 0. The second-order valence-corrected chi connectivity index (χ2v) is 6.95. The number of carbonyl (C=O) groups is 1. The molecule has 1 aromatic heterocycles. The highest BCUT2D eigenvalue weighted by Gasteiger charge is 2.23. The Labute approximate surface area is 167 Å². The van der Waals surface area contributed by atoms with Gasteiger partial charge in [0.15, 0.2) is 5.82 Å². The van der Waals surface area contributed by atoms with Gasteiger partial charge in [-0.25, -0.2) is 4.39 Å². The third-order valence-electron chi connectivity index (χ3n) is 4.78. The normalized spacial score (nSPS) is 14.2. The van der Waals surface area contributed by atoms with Crippen molar-refractivity contribution in [3.8, 4) is 11.3 Å². The second kappa shape index (κ2) is 7.94. The van der Waals surface area contributed by atoms with Gasteiger partial charge >= 0.3 is 0 Å². The average Bonchev–Trinajstić information content (AvgIpc) is 2.74. The molecule has 4 rings (SSSR count). The fourth-order valence-electron chi connectivity index (χ4n) is 3.22. The zero-order valence-electron chi connectivity index (χ0n) is 15.1. The van der Waals surface area contributed by atoms with E-state index in [4.69, 9.17) is 11.6 Å². The Morgan fingerprint density at radius 1 is 0.893 bits per heavy atom. The second-order valence-electron chi connectivity index (χ2n) is 6.54.